The topological polar surface area (TPSA) is 97.5 Å². The van der Waals surface area contributed by atoms with Crippen molar-refractivity contribution in [2.45, 2.75) is 12.5 Å². The first-order valence-corrected chi connectivity index (χ1v) is 8.29. The number of sulfone groups is 1. The van der Waals surface area contributed by atoms with Crippen LogP contribution in [0.15, 0.2) is 0 Å². The quantitative estimate of drug-likeness (QED) is 0.653. The second-order valence-corrected chi connectivity index (χ2v) is 8.20. The molecule has 0 aromatic carbocycles. The van der Waals surface area contributed by atoms with Crippen LogP contribution in [0.1, 0.15) is 6.42 Å². The van der Waals surface area contributed by atoms with Crippen LogP contribution in [0.5, 0.6) is 0 Å². The van der Waals surface area contributed by atoms with E-state index in [1.54, 1.807) is 0 Å². The van der Waals surface area contributed by atoms with Gasteiger partial charge in [-0.25, -0.2) is 21.1 Å². The largest absolute Gasteiger partial charge is 0.326 e. The van der Waals surface area contributed by atoms with E-state index in [0.29, 0.717) is 19.5 Å². The number of rotatable bonds is 4. The highest BCUT2D eigenvalue weighted by Gasteiger charge is 2.29. The summed E-state index contributed by atoms with van der Waals surface area (Å²) in [5, 5.41) is 0. The van der Waals surface area contributed by atoms with Crippen LogP contribution < -0.4 is 5.73 Å². The van der Waals surface area contributed by atoms with E-state index in [0.717, 1.165) is 6.26 Å². The standard InChI is InChI=1S/C7H16N2O4S2/c1-14(10,11)4-5-15(12,13)9-3-2-7(8)6-9/h7H,2-6,8H2,1H3/t7-/m1/s1. The molecule has 1 aliphatic heterocycles. The molecule has 0 radical (unpaired) electrons. The van der Waals surface area contributed by atoms with E-state index in [2.05, 4.69) is 0 Å². The van der Waals surface area contributed by atoms with E-state index in [-0.39, 0.29) is 17.5 Å². The van der Waals surface area contributed by atoms with Crippen LogP contribution in [0.25, 0.3) is 0 Å². The van der Waals surface area contributed by atoms with Crippen LogP contribution in [0.3, 0.4) is 0 Å². The number of sulfonamides is 1. The number of nitrogens with two attached hydrogens (primary N) is 1. The minimum atomic E-state index is -3.45. The zero-order valence-corrected chi connectivity index (χ0v) is 10.2. The molecular weight excluding hydrogens is 240 g/mol. The van der Waals surface area contributed by atoms with E-state index in [9.17, 15) is 16.8 Å². The van der Waals surface area contributed by atoms with Crippen molar-refractivity contribution in [3.63, 3.8) is 0 Å². The zero-order valence-electron chi connectivity index (χ0n) is 8.59. The molecule has 15 heavy (non-hydrogen) atoms. The fraction of sp³-hybridized carbons (Fsp3) is 1.00. The normalized spacial score (nSPS) is 24.5. The van der Waals surface area contributed by atoms with E-state index in [1.807, 2.05) is 0 Å². The van der Waals surface area contributed by atoms with Gasteiger partial charge >= 0.3 is 0 Å². The van der Waals surface area contributed by atoms with E-state index in [4.69, 9.17) is 5.73 Å². The molecule has 6 nitrogen and oxygen atoms in total. The third-order valence-corrected chi connectivity index (χ3v) is 5.34. The fourth-order valence-corrected chi connectivity index (χ4v) is 4.51. The van der Waals surface area contributed by atoms with Gasteiger partial charge in [0, 0.05) is 25.4 Å². The van der Waals surface area contributed by atoms with Gasteiger partial charge in [0.2, 0.25) is 10.0 Å². The molecule has 0 saturated carbocycles. The number of hydrogen-bond acceptors (Lipinski definition) is 5. The van der Waals surface area contributed by atoms with Gasteiger partial charge in [0.1, 0.15) is 9.84 Å². The van der Waals surface area contributed by atoms with Gasteiger partial charge < -0.3 is 5.73 Å². The summed E-state index contributed by atoms with van der Waals surface area (Å²) in [6.45, 7) is 0.694. The van der Waals surface area contributed by atoms with Crippen LogP contribution in [0.4, 0.5) is 0 Å². The highest BCUT2D eigenvalue weighted by atomic mass is 32.2. The lowest BCUT2D eigenvalue weighted by atomic mass is 10.3. The molecule has 0 amide bonds. The summed E-state index contributed by atoms with van der Waals surface area (Å²) < 4.78 is 46.2. The van der Waals surface area contributed by atoms with Crippen molar-refractivity contribution < 1.29 is 16.8 Å². The Morgan fingerprint density at radius 3 is 2.27 bits per heavy atom. The van der Waals surface area contributed by atoms with Gasteiger partial charge in [-0.15, -0.1) is 0 Å². The Hall–Kier alpha value is -0.180. The van der Waals surface area contributed by atoms with Gasteiger partial charge in [0.25, 0.3) is 0 Å². The Morgan fingerprint density at radius 1 is 1.27 bits per heavy atom. The minimum Gasteiger partial charge on any atom is -0.326 e. The molecule has 1 aliphatic rings. The average Bonchev–Trinajstić information content (AvgIpc) is 2.48. The lowest BCUT2D eigenvalue weighted by Gasteiger charge is -2.15. The summed E-state index contributed by atoms with van der Waals surface area (Å²) in [6, 6.07) is -0.127. The molecule has 0 aliphatic carbocycles. The Labute approximate surface area is 90.4 Å². The molecule has 1 atom stereocenters. The predicted octanol–water partition coefficient (Wildman–Crippen LogP) is -1.61. The molecular formula is C7H16N2O4S2. The van der Waals surface area contributed by atoms with Crippen molar-refractivity contribution in [3.8, 4) is 0 Å². The molecule has 8 heteroatoms. The predicted molar refractivity (Wildman–Crippen MR) is 57.7 cm³/mol. The molecule has 0 bridgehead atoms. The Bertz CT molecular complexity index is 414. The van der Waals surface area contributed by atoms with Crippen LogP contribution in [0.2, 0.25) is 0 Å². The molecule has 90 valence electrons. The van der Waals surface area contributed by atoms with Gasteiger partial charge in [-0.2, -0.15) is 0 Å². The monoisotopic (exact) mass is 256 g/mol. The van der Waals surface area contributed by atoms with Gasteiger partial charge in [0.15, 0.2) is 0 Å². The number of nitrogens with zero attached hydrogens (tertiary/aromatic N) is 1. The molecule has 2 N–H and O–H groups in total. The van der Waals surface area contributed by atoms with Crippen molar-refractivity contribution in [1.82, 2.24) is 4.31 Å². The Balaban J connectivity index is 2.60. The summed E-state index contributed by atoms with van der Waals surface area (Å²) in [7, 11) is -6.69. The third-order valence-electron chi connectivity index (χ3n) is 2.29. The maximum atomic E-state index is 11.6. The van der Waals surface area contributed by atoms with Crippen LogP contribution in [-0.2, 0) is 19.9 Å². The van der Waals surface area contributed by atoms with Crippen molar-refractivity contribution in [2.24, 2.45) is 5.73 Å². The highest BCUT2D eigenvalue weighted by Crippen LogP contribution is 2.12. The molecule has 1 heterocycles. The van der Waals surface area contributed by atoms with Crippen molar-refractivity contribution in [1.29, 1.82) is 0 Å². The van der Waals surface area contributed by atoms with E-state index < -0.39 is 19.9 Å². The zero-order chi connectivity index (χ0) is 11.7. The molecule has 0 aromatic heterocycles. The Kier molecular flexibility index (Phi) is 3.75. The molecule has 1 saturated heterocycles. The molecule has 0 aromatic rings. The maximum absolute atomic E-state index is 11.6. The van der Waals surface area contributed by atoms with Crippen molar-refractivity contribution in [2.75, 3.05) is 30.9 Å². The molecule has 0 unspecified atom stereocenters. The summed E-state index contributed by atoms with van der Waals surface area (Å²) in [4.78, 5) is 0. The van der Waals surface area contributed by atoms with Gasteiger partial charge in [0.05, 0.1) is 11.5 Å². The summed E-state index contributed by atoms with van der Waals surface area (Å²) in [5.74, 6) is -0.681. The molecule has 0 spiro atoms. The first kappa shape index (κ1) is 12.9. The smallest absolute Gasteiger partial charge is 0.215 e. The number of hydrogen-bond donors (Lipinski definition) is 1. The van der Waals surface area contributed by atoms with Crippen molar-refractivity contribution in [3.05, 3.63) is 0 Å². The minimum absolute atomic E-state index is 0.127. The van der Waals surface area contributed by atoms with E-state index >= 15 is 0 Å². The van der Waals surface area contributed by atoms with Crippen LogP contribution in [0, 0.1) is 0 Å². The lowest BCUT2D eigenvalue weighted by molar-refractivity contribution is 0.473. The third kappa shape index (κ3) is 4.06. The maximum Gasteiger partial charge on any atom is 0.215 e. The summed E-state index contributed by atoms with van der Waals surface area (Å²) in [6.07, 6.45) is 1.66. The SMILES string of the molecule is CS(=O)(=O)CCS(=O)(=O)N1CC[C@@H](N)C1. The summed E-state index contributed by atoms with van der Waals surface area (Å²) in [5.41, 5.74) is 5.58. The van der Waals surface area contributed by atoms with Crippen LogP contribution in [-0.4, -0.2) is 58.0 Å². The fourth-order valence-electron chi connectivity index (χ4n) is 1.39. The first-order valence-electron chi connectivity index (χ1n) is 4.62. The van der Waals surface area contributed by atoms with Gasteiger partial charge in [-0.1, -0.05) is 0 Å². The second kappa shape index (κ2) is 4.36. The van der Waals surface area contributed by atoms with E-state index in [1.165, 1.54) is 4.31 Å². The van der Waals surface area contributed by atoms with Crippen LogP contribution >= 0.6 is 0 Å². The second-order valence-electron chi connectivity index (χ2n) is 3.85. The molecule has 1 fully saturated rings. The Morgan fingerprint density at radius 2 is 1.87 bits per heavy atom. The average molecular weight is 256 g/mol. The highest BCUT2D eigenvalue weighted by molar-refractivity contribution is 7.93. The first-order chi connectivity index (χ1) is 6.71. The van der Waals surface area contributed by atoms with Gasteiger partial charge in [-0.3, -0.25) is 0 Å². The van der Waals surface area contributed by atoms with Crippen molar-refractivity contribution >= 4 is 19.9 Å². The summed E-state index contributed by atoms with van der Waals surface area (Å²) >= 11 is 0. The lowest BCUT2D eigenvalue weighted by Crippen LogP contribution is -2.35. The van der Waals surface area contributed by atoms with Gasteiger partial charge in [-0.05, 0) is 6.42 Å². The molecule has 1 rings (SSSR count).